The van der Waals surface area contributed by atoms with E-state index in [4.69, 9.17) is 0 Å². The summed E-state index contributed by atoms with van der Waals surface area (Å²) < 4.78 is 0. The van der Waals surface area contributed by atoms with Crippen molar-refractivity contribution in [2.75, 3.05) is 6.54 Å². The minimum Gasteiger partial charge on any atom is -0.300 e. The molecule has 1 aliphatic rings. The second-order valence-corrected chi connectivity index (χ2v) is 4.99. The highest BCUT2D eigenvalue weighted by Gasteiger charge is 2.34. The lowest BCUT2D eigenvalue weighted by Crippen LogP contribution is -2.31. The van der Waals surface area contributed by atoms with Gasteiger partial charge in [-0.2, -0.15) is 0 Å². The van der Waals surface area contributed by atoms with E-state index in [-0.39, 0.29) is 49.2 Å². The van der Waals surface area contributed by atoms with Crippen LogP contribution < -0.4 is 0 Å². The zero-order valence-corrected chi connectivity index (χ0v) is 11.9. The van der Waals surface area contributed by atoms with Crippen molar-refractivity contribution in [1.82, 2.24) is 4.90 Å². The molecule has 0 bridgehead atoms. The zero-order chi connectivity index (χ0) is 15.4. The fourth-order valence-corrected chi connectivity index (χ4v) is 2.26. The molecule has 1 aromatic carbocycles. The SMILES string of the molecule is CCC(=O)CCC(=O)CCN1C(=O)c2ccccc2C1=O. The molecule has 2 amide bonds. The van der Waals surface area contributed by atoms with E-state index < -0.39 is 0 Å². The van der Waals surface area contributed by atoms with Crippen molar-refractivity contribution in [2.24, 2.45) is 0 Å². The molecule has 0 radical (unpaired) electrons. The largest absolute Gasteiger partial charge is 0.300 e. The molecule has 0 saturated heterocycles. The van der Waals surface area contributed by atoms with Crippen molar-refractivity contribution in [2.45, 2.75) is 32.6 Å². The van der Waals surface area contributed by atoms with E-state index in [1.807, 2.05) is 0 Å². The first-order valence-electron chi connectivity index (χ1n) is 7.03. The van der Waals surface area contributed by atoms with Crippen LogP contribution in [-0.2, 0) is 9.59 Å². The van der Waals surface area contributed by atoms with Crippen molar-refractivity contribution >= 4 is 23.4 Å². The molecule has 0 N–H and O–H groups in total. The van der Waals surface area contributed by atoms with Gasteiger partial charge in [-0.05, 0) is 12.1 Å². The van der Waals surface area contributed by atoms with E-state index in [1.165, 1.54) is 0 Å². The van der Waals surface area contributed by atoms with Crippen molar-refractivity contribution in [3.8, 4) is 0 Å². The Morgan fingerprint density at radius 1 is 0.905 bits per heavy atom. The average Bonchev–Trinajstić information content (AvgIpc) is 2.75. The number of fused-ring (bicyclic) bond motifs is 1. The van der Waals surface area contributed by atoms with Gasteiger partial charge in [-0.15, -0.1) is 0 Å². The van der Waals surface area contributed by atoms with Crippen molar-refractivity contribution < 1.29 is 19.2 Å². The van der Waals surface area contributed by atoms with Gasteiger partial charge in [-0.25, -0.2) is 0 Å². The fourth-order valence-electron chi connectivity index (χ4n) is 2.26. The molecule has 5 nitrogen and oxygen atoms in total. The molecule has 0 atom stereocenters. The first-order chi connectivity index (χ1) is 10.0. The summed E-state index contributed by atoms with van der Waals surface area (Å²) in [6.07, 6.45) is 0.932. The summed E-state index contributed by atoms with van der Waals surface area (Å²) in [5, 5.41) is 0. The Hall–Kier alpha value is -2.30. The number of hydrogen-bond acceptors (Lipinski definition) is 4. The summed E-state index contributed by atoms with van der Waals surface area (Å²) in [5.41, 5.74) is 0.771. The normalized spacial score (nSPS) is 13.5. The summed E-state index contributed by atoms with van der Waals surface area (Å²) in [5.74, 6) is -0.765. The Balaban J connectivity index is 1.91. The molecule has 21 heavy (non-hydrogen) atoms. The second kappa shape index (κ2) is 6.43. The van der Waals surface area contributed by atoms with Crippen molar-refractivity contribution in [3.63, 3.8) is 0 Å². The predicted molar refractivity (Wildman–Crippen MR) is 76.0 cm³/mol. The molecule has 1 aliphatic heterocycles. The Morgan fingerprint density at radius 2 is 1.43 bits per heavy atom. The van der Waals surface area contributed by atoms with Crippen LogP contribution in [0.25, 0.3) is 0 Å². The van der Waals surface area contributed by atoms with Gasteiger partial charge in [0.05, 0.1) is 11.1 Å². The summed E-state index contributed by atoms with van der Waals surface area (Å²) in [7, 11) is 0. The van der Waals surface area contributed by atoms with Gasteiger partial charge in [0.1, 0.15) is 11.6 Å². The van der Waals surface area contributed by atoms with Crippen molar-refractivity contribution in [1.29, 1.82) is 0 Å². The van der Waals surface area contributed by atoms with Gasteiger partial charge >= 0.3 is 0 Å². The summed E-state index contributed by atoms with van der Waals surface area (Å²) in [6, 6.07) is 6.62. The minimum atomic E-state index is -0.354. The van der Waals surface area contributed by atoms with Gasteiger partial charge in [0.25, 0.3) is 11.8 Å². The Labute approximate surface area is 122 Å². The molecule has 110 valence electrons. The van der Waals surface area contributed by atoms with Crippen LogP contribution in [0.2, 0.25) is 0 Å². The van der Waals surface area contributed by atoms with E-state index in [9.17, 15) is 19.2 Å². The maximum Gasteiger partial charge on any atom is 0.261 e. The number of Topliss-reactive ketones (excluding diaryl/α,β-unsaturated/α-hetero) is 2. The van der Waals surface area contributed by atoms with E-state index in [0.29, 0.717) is 17.5 Å². The van der Waals surface area contributed by atoms with Crippen LogP contribution in [0.3, 0.4) is 0 Å². The lowest BCUT2D eigenvalue weighted by Gasteiger charge is -2.12. The van der Waals surface area contributed by atoms with E-state index in [1.54, 1.807) is 31.2 Å². The number of imide groups is 1. The Morgan fingerprint density at radius 3 is 1.95 bits per heavy atom. The molecule has 0 unspecified atom stereocenters. The Bertz CT molecular complexity index is 571. The first kappa shape index (κ1) is 15.1. The molecule has 0 saturated carbocycles. The lowest BCUT2D eigenvalue weighted by atomic mass is 10.1. The second-order valence-electron chi connectivity index (χ2n) is 4.99. The van der Waals surface area contributed by atoms with Gasteiger partial charge in [0.2, 0.25) is 0 Å². The van der Waals surface area contributed by atoms with Crippen LogP contribution in [0.15, 0.2) is 24.3 Å². The quantitative estimate of drug-likeness (QED) is 0.719. The molecule has 0 fully saturated rings. The van der Waals surface area contributed by atoms with Crippen LogP contribution >= 0.6 is 0 Å². The molecule has 0 spiro atoms. The smallest absolute Gasteiger partial charge is 0.261 e. The molecule has 0 aromatic heterocycles. The molecule has 1 heterocycles. The number of rotatable bonds is 7. The van der Waals surface area contributed by atoms with Crippen LogP contribution in [0.5, 0.6) is 0 Å². The van der Waals surface area contributed by atoms with Gasteiger partial charge < -0.3 is 0 Å². The van der Waals surface area contributed by atoms with Crippen LogP contribution in [0, 0.1) is 0 Å². The Kier molecular flexibility index (Phi) is 4.62. The topological polar surface area (TPSA) is 71.5 Å². The van der Waals surface area contributed by atoms with Gasteiger partial charge in [-0.1, -0.05) is 19.1 Å². The monoisotopic (exact) mass is 287 g/mol. The maximum absolute atomic E-state index is 12.1. The number of benzene rings is 1. The zero-order valence-electron chi connectivity index (χ0n) is 11.9. The third-order valence-electron chi connectivity index (χ3n) is 3.57. The number of carbonyl (C=O) groups excluding carboxylic acids is 4. The summed E-state index contributed by atoms with van der Waals surface area (Å²) in [6.45, 7) is 1.83. The first-order valence-corrected chi connectivity index (χ1v) is 7.03. The number of nitrogens with zero attached hydrogens (tertiary/aromatic N) is 1. The van der Waals surface area contributed by atoms with Gasteiger partial charge in [0.15, 0.2) is 0 Å². The predicted octanol–water partition coefficient (Wildman–Crippen LogP) is 2.00. The van der Waals surface area contributed by atoms with E-state index in [2.05, 4.69) is 0 Å². The average molecular weight is 287 g/mol. The number of carbonyl (C=O) groups is 4. The fraction of sp³-hybridized carbons (Fsp3) is 0.375. The highest BCUT2D eigenvalue weighted by Crippen LogP contribution is 2.22. The minimum absolute atomic E-state index is 0.0454. The standard InChI is InChI=1S/C16H17NO4/c1-2-11(18)7-8-12(19)9-10-17-15(20)13-5-3-4-6-14(13)16(17)21/h3-6H,2,7-10H2,1H3. The third-order valence-corrected chi connectivity index (χ3v) is 3.57. The highest BCUT2D eigenvalue weighted by atomic mass is 16.2. The molecule has 2 rings (SSSR count). The molecule has 5 heteroatoms. The number of ketones is 2. The highest BCUT2D eigenvalue weighted by molar-refractivity contribution is 6.21. The van der Waals surface area contributed by atoms with Crippen LogP contribution in [0.4, 0.5) is 0 Å². The van der Waals surface area contributed by atoms with Gasteiger partial charge in [0, 0.05) is 32.2 Å². The summed E-state index contributed by atoms with van der Waals surface area (Å²) in [4.78, 5) is 48.1. The third kappa shape index (κ3) is 3.24. The number of hydrogen-bond donors (Lipinski definition) is 0. The summed E-state index contributed by atoms with van der Waals surface area (Å²) >= 11 is 0. The molecular formula is C16H17NO4. The van der Waals surface area contributed by atoms with Gasteiger partial charge in [-0.3, -0.25) is 24.1 Å². The van der Waals surface area contributed by atoms with Crippen LogP contribution in [-0.4, -0.2) is 34.8 Å². The van der Waals surface area contributed by atoms with E-state index >= 15 is 0 Å². The molecule has 0 aliphatic carbocycles. The van der Waals surface area contributed by atoms with Crippen LogP contribution in [0.1, 0.15) is 53.3 Å². The van der Waals surface area contributed by atoms with Crippen molar-refractivity contribution in [3.05, 3.63) is 35.4 Å². The number of amides is 2. The molecular weight excluding hydrogens is 270 g/mol. The van der Waals surface area contributed by atoms with E-state index in [0.717, 1.165) is 4.90 Å². The lowest BCUT2D eigenvalue weighted by molar-refractivity contribution is -0.124. The molecule has 1 aromatic rings. The maximum atomic E-state index is 12.1.